The molecule has 1 aliphatic rings. The van der Waals surface area contributed by atoms with Crippen molar-refractivity contribution in [2.75, 3.05) is 0 Å². The van der Waals surface area contributed by atoms with Crippen LogP contribution in [0.5, 0.6) is 0 Å². The predicted octanol–water partition coefficient (Wildman–Crippen LogP) is 2.55. The van der Waals surface area contributed by atoms with Gasteiger partial charge in [0, 0.05) is 16.2 Å². The monoisotopic (exact) mass is 196 g/mol. The van der Waals surface area contributed by atoms with Crippen LogP contribution in [0, 0.1) is 0 Å². The lowest BCUT2D eigenvalue weighted by atomic mass is 9.99. The number of aliphatic hydroxyl groups excluding tert-OH is 1. The minimum Gasteiger partial charge on any atom is -0.393 e. The molecule has 0 saturated heterocycles. The Morgan fingerprint density at radius 3 is 2.92 bits per heavy atom. The molecule has 1 heterocycles. The molecule has 2 heteroatoms. The minimum atomic E-state index is -0.194. The van der Waals surface area contributed by atoms with E-state index >= 15 is 0 Å². The number of rotatable bonds is 2. The Balaban J connectivity index is 2.15. The number of aryl methyl sites for hydroxylation is 2. The zero-order valence-electron chi connectivity index (χ0n) is 8.05. The van der Waals surface area contributed by atoms with Crippen LogP contribution in [0.1, 0.15) is 35.1 Å². The molecule has 1 atom stereocenters. The third kappa shape index (κ3) is 2.12. The Hall–Kier alpha value is -0.340. The second-order valence-electron chi connectivity index (χ2n) is 3.92. The van der Waals surface area contributed by atoms with Crippen molar-refractivity contribution in [3.05, 3.63) is 21.4 Å². The summed E-state index contributed by atoms with van der Waals surface area (Å²) in [6, 6.07) is 2.30. The fraction of sp³-hybridized carbons (Fsp3) is 0.636. The van der Waals surface area contributed by atoms with Crippen LogP contribution in [0.25, 0.3) is 0 Å². The average Bonchev–Trinajstić information content (AvgIpc) is 2.44. The lowest BCUT2D eigenvalue weighted by Gasteiger charge is -2.08. The summed E-state index contributed by atoms with van der Waals surface area (Å²) in [7, 11) is 0. The van der Waals surface area contributed by atoms with E-state index in [0.717, 1.165) is 6.42 Å². The summed E-state index contributed by atoms with van der Waals surface area (Å²) in [6.45, 7) is 1.86. The van der Waals surface area contributed by atoms with E-state index in [9.17, 15) is 5.11 Å². The van der Waals surface area contributed by atoms with Crippen LogP contribution in [0.2, 0.25) is 0 Å². The first kappa shape index (κ1) is 9.22. The first-order valence-corrected chi connectivity index (χ1v) is 5.86. The van der Waals surface area contributed by atoms with Crippen molar-refractivity contribution < 1.29 is 5.11 Å². The van der Waals surface area contributed by atoms with Crippen molar-refractivity contribution >= 4 is 11.3 Å². The zero-order valence-corrected chi connectivity index (χ0v) is 8.86. The standard InChI is InChI=1S/C11H16OS/c1-8(12)6-10-7-9-4-2-3-5-11(9)13-10/h7-8,12H,2-6H2,1H3/t8-/m1/s1. The third-order valence-corrected chi connectivity index (χ3v) is 3.80. The molecular weight excluding hydrogens is 180 g/mol. The van der Waals surface area contributed by atoms with Crippen LogP contribution >= 0.6 is 11.3 Å². The molecule has 0 aliphatic heterocycles. The van der Waals surface area contributed by atoms with Gasteiger partial charge < -0.3 is 5.11 Å². The normalized spacial score (nSPS) is 18.3. The summed E-state index contributed by atoms with van der Waals surface area (Å²) in [5.74, 6) is 0. The number of fused-ring (bicyclic) bond motifs is 1. The van der Waals surface area contributed by atoms with Gasteiger partial charge in [0.05, 0.1) is 6.10 Å². The van der Waals surface area contributed by atoms with E-state index < -0.39 is 0 Å². The summed E-state index contributed by atoms with van der Waals surface area (Å²) in [5, 5.41) is 9.27. The number of hydrogen-bond acceptors (Lipinski definition) is 2. The second-order valence-corrected chi connectivity index (χ2v) is 5.14. The van der Waals surface area contributed by atoms with Crippen molar-refractivity contribution in [2.45, 2.75) is 45.1 Å². The molecule has 0 spiro atoms. The van der Waals surface area contributed by atoms with Crippen LogP contribution in [0.4, 0.5) is 0 Å². The molecule has 0 saturated carbocycles. The average molecular weight is 196 g/mol. The Labute approximate surface area is 83.4 Å². The first-order valence-electron chi connectivity index (χ1n) is 5.04. The van der Waals surface area contributed by atoms with Gasteiger partial charge >= 0.3 is 0 Å². The zero-order chi connectivity index (χ0) is 9.26. The van der Waals surface area contributed by atoms with E-state index in [-0.39, 0.29) is 6.10 Å². The summed E-state index contributed by atoms with van der Waals surface area (Å²) < 4.78 is 0. The van der Waals surface area contributed by atoms with Gasteiger partial charge in [-0.2, -0.15) is 0 Å². The minimum absolute atomic E-state index is 0.194. The van der Waals surface area contributed by atoms with Crippen LogP contribution < -0.4 is 0 Å². The first-order chi connectivity index (χ1) is 6.25. The summed E-state index contributed by atoms with van der Waals surface area (Å²) >= 11 is 1.90. The highest BCUT2D eigenvalue weighted by molar-refractivity contribution is 7.12. The number of thiophene rings is 1. The van der Waals surface area contributed by atoms with Gasteiger partial charge in [-0.25, -0.2) is 0 Å². The molecule has 13 heavy (non-hydrogen) atoms. The van der Waals surface area contributed by atoms with Gasteiger partial charge in [-0.15, -0.1) is 11.3 Å². The van der Waals surface area contributed by atoms with Gasteiger partial charge in [0.1, 0.15) is 0 Å². The Morgan fingerprint density at radius 1 is 1.46 bits per heavy atom. The largest absolute Gasteiger partial charge is 0.393 e. The smallest absolute Gasteiger partial charge is 0.0560 e. The van der Waals surface area contributed by atoms with E-state index in [1.807, 2.05) is 18.3 Å². The highest BCUT2D eigenvalue weighted by Crippen LogP contribution is 2.30. The van der Waals surface area contributed by atoms with E-state index in [1.165, 1.54) is 30.6 Å². The molecule has 1 N–H and O–H groups in total. The topological polar surface area (TPSA) is 20.2 Å². The van der Waals surface area contributed by atoms with Crippen molar-refractivity contribution in [2.24, 2.45) is 0 Å². The van der Waals surface area contributed by atoms with Gasteiger partial charge in [-0.3, -0.25) is 0 Å². The van der Waals surface area contributed by atoms with Crippen LogP contribution in [-0.2, 0) is 19.3 Å². The highest BCUT2D eigenvalue weighted by atomic mass is 32.1. The van der Waals surface area contributed by atoms with E-state index in [1.54, 1.807) is 10.4 Å². The van der Waals surface area contributed by atoms with E-state index in [4.69, 9.17) is 0 Å². The molecule has 2 rings (SSSR count). The molecule has 1 aromatic heterocycles. The fourth-order valence-corrected chi connectivity index (χ4v) is 3.32. The lowest BCUT2D eigenvalue weighted by Crippen LogP contribution is -2.02. The van der Waals surface area contributed by atoms with E-state index in [2.05, 4.69) is 6.07 Å². The molecular formula is C11H16OS. The van der Waals surface area contributed by atoms with Crippen LogP contribution in [0.3, 0.4) is 0 Å². The molecule has 0 radical (unpaired) electrons. The number of hydrogen-bond donors (Lipinski definition) is 1. The SMILES string of the molecule is C[C@@H](O)Cc1cc2c(s1)CCCC2. The molecule has 72 valence electrons. The predicted molar refractivity (Wildman–Crippen MR) is 56.3 cm³/mol. The fourth-order valence-electron chi connectivity index (χ4n) is 1.94. The van der Waals surface area contributed by atoms with Gasteiger partial charge in [0.2, 0.25) is 0 Å². The summed E-state index contributed by atoms with van der Waals surface area (Å²) in [4.78, 5) is 2.93. The molecule has 0 aromatic carbocycles. The quantitative estimate of drug-likeness (QED) is 0.770. The van der Waals surface area contributed by atoms with Crippen LogP contribution in [-0.4, -0.2) is 11.2 Å². The third-order valence-electron chi connectivity index (χ3n) is 2.54. The highest BCUT2D eigenvalue weighted by Gasteiger charge is 2.13. The Morgan fingerprint density at radius 2 is 2.23 bits per heavy atom. The van der Waals surface area contributed by atoms with Crippen LogP contribution in [0.15, 0.2) is 6.07 Å². The van der Waals surface area contributed by atoms with E-state index in [0.29, 0.717) is 0 Å². The van der Waals surface area contributed by atoms with Gasteiger partial charge in [0.15, 0.2) is 0 Å². The van der Waals surface area contributed by atoms with Crippen molar-refractivity contribution in [3.8, 4) is 0 Å². The molecule has 0 bridgehead atoms. The maximum atomic E-state index is 9.27. The van der Waals surface area contributed by atoms with Crippen molar-refractivity contribution in [1.82, 2.24) is 0 Å². The molecule has 0 amide bonds. The molecule has 1 nitrogen and oxygen atoms in total. The molecule has 1 aliphatic carbocycles. The van der Waals surface area contributed by atoms with Gasteiger partial charge in [-0.05, 0) is 44.2 Å². The van der Waals surface area contributed by atoms with Gasteiger partial charge in [0.25, 0.3) is 0 Å². The lowest BCUT2D eigenvalue weighted by molar-refractivity contribution is 0.196. The second kappa shape index (κ2) is 3.81. The maximum absolute atomic E-state index is 9.27. The molecule has 0 unspecified atom stereocenters. The molecule has 0 fully saturated rings. The molecule has 1 aromatic rings. The Kier molecular flexibility index (Phi) is 2.70. The Bertz CT molecular complexity index is 265. The number of aliphatic hydroxyl groups is 1. The summed E-state index contributed by atoms with van der Waals surface area (Å²) in [5.41, 5.74) is 1.55. The van der Waals surface area contributed by atoms with Crippen molar-refractivity contribution in [3.63, 3.8) is 0 Å². The van der Waals surface area contributed by atoms with Crippen molar-refractivity contribution in [1.29, 1.82) is 0 Å². The maximum Gasteiger partial charge on any atom is 0.0560 e. The van der Waals surface area contributed by atoms with Gasteiger partial charge in [-0.1, -0.05) is 0 Å². The summed E-state index contributed by atoms with van der Waals surface area (Å²) in [6.07, 6.45) is 5.85.